The molecule has 210 valence electrons. The normalized spacial score (nSPS) is 11.3. The van der Waals surface area contributed by atoms with E-state index in [9.17, 15) is 4.79 Å². The van der Waals surface area contributed by atoms with Crippen molar-refractivity contribution in [3.63, 3.8) is 0 Å². The molecular weight excluding hydrogens is 498 g/mol. The number of hydrogen-bond acceptors (Lipinski definition) is 4. The molecule has 1 aromatic heterocycles. The number of nitrogens with zero attached hydrogens (tertiary/aromatic N) is 2. The molecule has 1 heterocycles. The van der Waals surface area contributed by atoms with Gasteiger partial charge in [-0.1, -0.05) is 61.0 Å². The highest BCUT2D eigenvalue weighted by molar-refractivity contribution is 5.79. The van der Waals surface area contributed by atoms with Gasteiger partial charge in [0.1, 0.15) is 5.82 Å². The zero-order chi connectivity index (χ0) is 28.2. The minimum atomic E-state index is 0.0877. The van der Waals surface area contributed by atoms with Gasteiger partial charge in [0, 0.05) is 19.5 Å². The fourth-order valence-electron chi connectivity index (χ4n) is 4.93. The van der Waals surface area contributed by atoms with Gasteiger partial charge in [-0.2, -0.15) is 0 Å². The predicted octanol–water partition coefficient (Wildman–Crippen LogP) is 6.93. The van der Waals surface area contributed by atoms with Gasteiger partial charge in [-0.3, -0.25) is 4.79 Å². The quantitative estimate of drug-likeness (QED) is 0.166. The number of methoxy groups -OCH3 is 1. The Morgan fingerprint density at radius 2 is 1.80 bits per heavy atom. The summed E-state index contributed by atoms with van der Waals surface area (Å²) in [5, 5.41) is 3.07. The van der Waals surface area contributed by atoms with Crippen molar-refractivity contribution in [2.24, 2.45) is 0 Å². The Balaban J connectivity index is 1.24. The van der Waals surface area contributed by atoms with Crippen LogP contribution in [-0.2, 0) is 24.2 Å². The van der Waals surface area contributed by atoms with E-state index >= 15 is 0 Å². The topological polar surface area (TPSA) is 65.4 Å². The first-order valence-corrected chi connectivity index (χ1v) is 14.3. The second-order valence-electron chi connectivity index (χ2n) is 10.0. The van der Waals surface area contributed by atoms with Crippen LogP contribution >= 0.6 is 0 Å². The number of unbranched alkanes of at least 4 members (excludes halogenated alkanes) is 2. The molecule has 4 rings (SSSR count). The summed E-state index contributed by atoms with van der Waals surface area (Å²) in [4.78, 5) is 17.2. The zero-order valence-electron chi connectivity index (χ0n) is 24.0. The fourth-order valence-corrected chi connectivity index (χ4v) is 4.93. The van der Waals surface area contributed by atoms with Crippen molar-refractivity contribution in [3.05, 3.63) is 95.3 Å². The van der Waals surface area contributed by atoms with Gasteiger partial charge in [0.25, 0.3) is 0 Å². The third-order valence-electron chi connectivity index (χ3n) is 7.08. The number of allylic oxidation sites excluding steroid dienone is 1. The summed E-state index contributed by atoms with van der Waals surface area (Å²) < 4.78 is 13.9. The number of benzene rings is 3. The molecule has 0 saturated carbocycles. The lowest BCUT2D eigenvalue weighted by Gasteiger charge is -2.13. The number of nitrogens with one attached hydrogen (secondary N) is 1. The Bertz CT molecular complexity index is 1420. The highest BCUT2D eigenvalue weighted by Crippen LogP contribution is 2.29. The standard InChI is InChI=1S/C34H41N3O3/c1-4-13-27-19-20-31(32(24-27)39-3)40-23-12-22-37-30-17-10-9-16-29(30)36-33(37)18-6-5-11-21-35-34(38)25-28-15-8-7-14-26(28)2/h4,7-10,13-17,19-20,24H,5-6,11-12,18,21-23,25H2,1-3H3,(H,35,38)/b13-4+. The molecule has 0 bridgehead atoms. The number of ether oxygens (including phenoxy) is 2. The van der Waals surface area contributed by atoms with Crippen LogP contribution in [0.3, 0.4) is 0 Å². The molecule has 6 heteroatoms. The van der Waals surface area contributed by atoms with Gasteiger partial charge in [0.15, 0.2) is 11.5 Å². The zero-order valence-corrected chi connectivity index (χ0v) is 24.0. The summed E-state index contributed by atoms with van der Waals surface area (Å²) in [5.74, 6) is 2.70. The molecule has 6 nitrogen and oxygen atoms in total. The van der Waals surface area contributed by atoms with E-state index in [0.29, 0.717) is 19.6 Å². The number of imidazole rings is 1. The molecule has 3 aromatic carbocycles. The van der Waals surface area contributed by atoms with Crippen LogP contribution in [0.4, 0.5) is 0 Å². The van der Waals surface area contributed by atoms with Crippen LogP contribution in [0.15, 0.2) is 72.8 Å². The molecule has 1 amide bonds. The molecule has 0 atom stereocenters. The molecule has 4 aromatic rings. The molecule has 40 heavy (non-hydrogen) atoms. The Kier molecular flexibility index (Phi) is 10.8. The lowest BCUT2D eigenvalue weighted by Crippen LogP contribution is -2.26. The van der Waals surface area contributed by atoms with E-state index in [-0.39, 0.29) is 5.91 Å². The maximum Gasteiger partial charge on any atom is 0.224 e. The van der Waals surface area contributed by atoms with Gasteiger partial charge in [0.05, 0.1) is 31.2 Å². The average molecular weight is 540 g/mol. The summed E-state index contributed by atoms with van der Waals surface area (Å²) in [6.45, 7) is 6.18. The van der Waals surface area contributed by atoms with E-state index in [1.165, 1.54) is 0 Å². The molecule has 0 radical (unpaired) electrons. The smallest absolute Gasteiger partial charge is 0.224 e. The molecule has 0 unspecified atom stereocenters. The molecule has 0 saturated heterocycles. The Morgan fingerprint density at radius 3 is 2.62 bits per heavy atom. The maximum atomic E-state index is 12.3. The van der Waals surface area contributed by atoms with Crippen LogP contribution in [0.1, 0.15) is 55.1 Å². The lowest BCUT2D eigenvalue weighted by atomic mass is 10.1. The van der Waals surface area contributed by atoms with Gasteiger partial charge in [-0.25, -0.2) is 4.98 Å². The van der Waals surface area contributed by atoms with Gasteiger partial charge in [-0.05, 0) is 74.1 Å². The second kappa shape index (κ2) is 14.9. The Labute approximate surface area is 238 Å². The molecule has 1 N–H and O–H groups in total. The minimum Gasteiger partial charge on any atom is -0.493 e. The number of para-hydroxylation sites is 2. The molecule has 0 aliphatic rings. The third kappa shape index (κ3) is 7.98. The number of aromatic nitrogens is 2. The van der Waals surface area contributed by atoms with Crippen molar-refractivity contribution in [2.45, 2.75) is 58.9 Å². The van der Waals surface area contributed by atoms with E-state index in [1.54, 1.807) is 7.11 Å². The number of aryl methyl sites for hydroxylation is 3. The summed E-state index contributed by atoms with van der Waals surface area (Å²) in [6.07, 6.45) is 9.29. The van der Waals surface area contributed by atoms with E-state index < -0.39 is 0 Å². The van der Waals surface area contributed by atoms with Crippen molar-refractivity contribution >= 4 is 23.0 Å². The van der Waals surface area contributed by atoms with E-state index in [4.69, 9.17) is 14.5 Å². The summed E-state index contributed by atoms with van der Waals surface area (Å²) in [5.41, 5.74) is 5.53. The van der Waals surface area contributed by atoms with Gasteiger partial charge >= 0.3 is 0 Å². The first kappa shape index (κ1) is 28.9. The number of hydrogen-bond donors (Lipinski definition) is 1. The Hall–Kier alpha value is -4.06. The van der Waals surface area contributed by atoms with Crippen molar-refractivity contribution in [3.8, 4) is 11.5 Å². The minimum absolute atomic E-state index is 0.0877. The van der Waals surface area contributed by atoms with E-state index in [0.717, 1.165) is 83.7 Å². The monoisotopic (exact) mass is 539 g/mol. The second-order valence-corrected chi connectivity index (χ2v) is 10.0. The highest BCUT2D eigenvalue weighted by atomic mass is 16.5. The highest BCUT2D eigenvalue weighted by Gasteiger charge is 2.11. The van der Waals surface area contributed by atoms with Crippen molar-refractivity contribution < 1.29 is 14.3 Å². The SMILES string of the molecule is C/C=C/c1ccc(OCCCn2c(CCCCCNC(=O)Cc3ccccc3C)nc3ccccc32)c(OC)c1. The average Bonchev–Trinajstić information content (AvgIpc) is 3.32. The number of rotatable bonds is 15. The summed E-state index contributed by atoms with van der Waals surface area (Å²) in [7, 11) is 1.67. The number of fused-ring (bicyclic) bond motifs is 1. The third-order valence-corrected chi connectivity index (χ3v) is 7.08. The van der Waals surface area contributed by atoms with E-state index in [1.807, 2.05) is 74.5 Å². The lowest BCUT2D eigenvalue weighted by molar-refractivity contribution is -0.120. The van der Waals surface area contributed by atoms with Crippen molar-refractivity contribution in [1.82, 2.24) is 14.9 Å². The van der Waals surface area contributed by atoms with Crippen LogP contribution in [0.5, 0.6) is 11.5 Å². The van der Waals surface area contributed by atoms with Crippen molar-refractivity contribution in [1.29, 1.82) is 0 Å². The van der Waals surface area contributed by atoms with Crippen molar-refractivity contribution in [2.75, 3.05) is 20.3 Å². The Morgan fingerprint density at radius 1 is 0.975 bits per heavy atom. The van der Waals surface area contributed by atoms with E-state index in [2.05, 4.69) is 28.1 Å². The van der Waals surface area contributed by atoms with Crippen LogP contribution in [0.2, 0.25) is 0 Å². The predicted molar refractivity (Wildman–Crippen MR) is 163 cm³/mol. The molecule has 0 fully saturated rings. The summed E-state index contributed by atoms with van der Waals surface area (Å²) in [6, 6.07) is 22.4. The number of carbonyl (C=O) groups excluding carboxylic acids is 1. The fraction of sp³-hybridized carbons (Fsp3) is 0.353. The molecular formula is C34H41N3O3. The molecule has 0 aliphatic heterocycles. The maximum absolute atomic E-state index is 12.3. The molecule has 0 aliphatic carbocycles. The van der Waals surface area contributed by atoms with Crippen LogP contribution in [0.25, 0.3) is 17.1 Å². The van der Waals surface area contributed by atoms with Crippen LogP contribution in [0, 0.1) is 6.92 Å². The number of amides is 1. The van der Waals surface area contributed by atoms with Crippen LogP contribution < -0.4 is 14.8 Å². The molecule has 0 spiro atoms. The van der Waals surface area contributed by atoms with Crippen LogP contribution in [-0.4, -0.2) is 35.7 Å². The van der Waals surface area contributed by atoms with Gasteiger partial charge in [0.2, 0.25) is 5.91 Å². The first-order chi connectivity index (χ1) is 19.6. The van der Waals surface area contributed by atoms with Gasteiger partial charge in [-0.15, -0.1) is 0 Å². The summed E-state index contributed by atoms with van der Waals surface area (Å²) >= 11 is 0. The number of carbonyl (C=O) groups is 1. The largest absolute Gasteiger partial charge is 0.493 e. The van der Waals surface area contributed by atoms with Gasteiger partial charge < -0.3 is 19.4 Å². The first-order valence-electron chi connectivity index (χ1n) is 14.3.